The molecule has 0 aromatic heterocycles. The van der Waals surface area contributed by atoms with E-state index in [1.807, 2.05) is 37.3 Å². The number of rotatable bonds is 4. The SMILES string of the molecule is [2H]c1c([2H])c([2H])c2c(c1[2H])C(=O)C([2H])C2(CCCC)c1ccccc1. The third-order valence-corrected chi connectivity index (χ3v) is 3.97. The average Bonchev–Trinajstić information content (AvgIpc) is 2.86. The maximum absolute atomic E-state index is 12.8. The fourth-order valence-corrected chi connectivity index (χ4v) is 2.96. The van der Waals surface area contributed by atoms with Gasteiger partial charge >= 0.3 is 0 Å². The topological polar surface area (TPSA) is 17.1 Å². The molecule has 102 valence electrons. The van der Waals surface area contributed by atoms with Gasteiger partial charge in [0.25, 0.3) is 0 Å². The molecule has 0 radical (unpaired) electrons. The normalized spacial score (nSPS) is 28.1. The number of ketones is 1. The van der Waals surface area contributed by atoms with Crippen molar-refractivity contribution >= 4 is 5.78 Å². The largest absolute Gasteiger partial charge is 0.294 e. The molecule has 1 aliphatic rings. The lowest BCUT2D eigenvalue weighted by Gasteiger charge is -2.30. The third kappa shape index (κ3) is 1.98. The van der Waals surface area contributed by atoms with E-state index in [2.05, 4.69) is 0 Å². The summed E-state index contributed by atoms with van der Waals surface area (Å²) in [7, 11) is 0. The molecule has 0 amide bonds. The van der Waals surface area contributed by atoms with Crippen molar-refractivity contribution in [3.8, 4) is 0 Å². The highest BCUT2D eigenvalue weighted by Gasteiger charge is 2.43. The van der Waals surface area contributed by atoms with Crippen LogP contribution in [0.1, 0.15) is 60.9 Å². The molecule has 1 nitrogen and oxygen atoms in total. The number of carbonyl (C=O) groups excluding carboxylic acids is 1. The molecular weight excluding hydrogens is 244 g/mol. The first-order valence-electron chi connectivity index (χ1n) is 9.58. The van der Waals surface area contributed by atoms with Crippen molar-refractivity contribution in [1.29, 1.82) is 0 Å². The number of Topliss-reactive ketones (excluding diaryl/α,β-unsaturated/α-hetero) is 1. The number of hydrogen-bond acceptors (Lipinski definition) is 1. The second-order valence-corrected chi connectivity index (χ2v) is 5.20. The van der Waals surface area contributed by atoms with Crippen LogP contribution >= 0.6 is 0 Å². The van der Waals surface area contributed by atoms with Gasteiger partial charge in [0.1, 0.15) is 0 Å². The van der Waals surface area contributed by atoms with E-state index in [9.17, 15) is 4.79 Å². The standard InChI is InChI=1S/C19H20O/c1-2-3-13-19(15-9-5-4-6-10-15)14-18(20)16-11-7-8-12-17(16)19/h4-12H,2-3,13-14H2,1H3/i7D,8D,11D,12D,14D. The van der Waals surface area contributed by atoms with Gasteiger partial charge in [0.05, 0.1) is 5.48 Å². The van der Waals surface area contributed by atoms with Crippen molar-refractivity contribution in [3.63, 3.8) is 0 Å². The van der Waals surface area contributed by atoms with Crippen LogP contribution in [0.5, 0.6) is 0 Å². The Bertz CT molecular complexity index is 834. The molecule has 1 aliphatic carbocycles. The van der Waals surface area contributed by atoms with E-state index in [-0.39, 0.29) is 23.7 Å². The lowest BCUT2D eigenvalue weighted by Crippen LogP contribution is -2.25. The Morgan fingerprint density at radius 2 is 2.00 bits per heavy atom. The van der Waals surface area contributed by atoms with Gasteiger partial charge in [-0.05, 0) is 17.5 Å². The van der Waals surface area contributed by atoms with Gasteiger partial charge in [-0.25, -0.2) is 0 Å². The highest BCUT2D eigenvalue weighted by molar-refractivity contribution is 6.03. The van der Waals surface area contributed by atoms with Crippen molar-refractivity contribution in [3.05, 3.63) is 71.2 Å². The molecule has 2 atom stereocenters. The minimum atomic E-state index is -1.16. The molecule has 0 saturated carbocycles. The number of carbonyl (C=O) groups is 1. The second-order valence-electron chi connectivity index (χ2n) is 5.20. The van der Waals surface area contributed by atoms with Crippen LogP contribution < -0.4 is 0 Å². The molecule has 0 fully saturated rings. The molecule has 0 aliphatic heterocycles. The van der Waals surface area contributed by atoms with Crippen molar-refractivity contribution in [2.45, 2.75) is 38.0 Å². The van der Waals surface area contributed by atoms with Crippen LogP contribution in [0, 0.1) is 0 Å². The lowest BCUT2D eigenvalue weighted by molar-refractivity contribution is 0.0977. The predicted molar refractivity (Wildman–Crippen MR) is 82.1 cm³/mol. The number of fused-ring (bicyclic) bond motifs is 1. The summed E-state index contributed by atoms with van der Waals surface area (Å²) in [5.74, 6) is -0.512. The lowest BCUT2D eigenvalue weighted by atomic mass is 9.72. The maximum atomic E-state index is 12.8. The van der Waals surface area contributed by atoms with Crippen molar-refractivity contribution in [2.24, 2.45) is 0 Å². The van der Waals surface area contributed by atoms with Gasteiger partial charge in [-0.2, -0.15) is 0 Å². The van der Waals surface area contributed by atoms with Gasteiger partial charge in [-0.3, -0.25) is 4.79 Å². The molecule has 1 heteroatoms. The summed E-state index contributed by atoms with van der Waals surface area (Å²) in [5, 5.41) is 0. The molecule has 2 aromatic carbocycles. The molecule has 2 unspecified atom stereocenters. The van der Waals surface area contributed by atoms with Gasteiger partial charge in [-0.15, -0.1) is 0 Å². The highest BCUT2D eigenvalue weighted by Crippen LogP contribution is 2.47. The third-order valence-electron chi connectivity index (χ3n) is 3.97. The molecule has 0 saturated heterocycles. The van der Waals surface area contributed by atoms with Crippen LogP contribution in [-0.2, 0) is 5.41 Å². The number of benzene rings is 2. The number of hydrogen-bond donors (Lipinski definition) is 0. The quantitative estimate of drug-likeness (QED) is 0.783. The van der Waals surface area contributed by atoms with E-state index in [4.69, 9.17) is 6.85 Å². The summed E-state index contributed by atoms with van der Waals surface area (Å²) in [6.45, 7) is 2.02. The Morgan fingerprint density at radius 1 is 1.25 bits per heavy atom. The van der Waals surface area contributed by atoms with Crippen LogP contribution in [0.4, 0.5) is 0 Å². The second kappa shape index (κ2) is 5.24. The van der Waals surface area contributed by atoms with Gasteiger partial charge in [0.15, 0.2) is 5.78 Å². The zero-order valence-corrected chi connectivity index (χ0v) is 11.5. The van der Waals surface area contributed by atoms with Crippen LogP contribution in [0.15, 0.2) is 54.5 Å². The summed E-state index contributed by atoms with van der Waals surface area (Å²) >= 11 is 0. The molecular formula is C19H20O. The predicted octanol–water partition coefficient (Wildman–Crippen LogP) is 4.75. The smallest absolute Gasteiger partial charge is 0.164 e. The van der Waals surface area contributed by atoms with E-state index >= 15 is 0 Å². The molecule has 0 N–H and O–H groups in total. The maximum Gasteiger partial charge on any atom is 0.164 e. The summed E-state index contributed by atoms with van der Waals surface area (Å²) in [6.07, 6.45) is 0.976. The van der Waals surface area contributed by atoms with Gasteiger partial charge in [0.2, 0.25) is 0 Å². The van der Waals surface area contributed by atoms with Crippen molar-refractivity contribution in [1.82, 2.24) is 0 Å². The van der Waals surface area contributed by atoms with Crippen LogP contribution in [-0.4, -0.2) is 5.78 Å². The molecule has 0 spiro atoms. The zero-order valence-electron chi connectivity index (χ0n) is 16.5. The highest BCUT2D eigenvalue weighted by atomic mass is 16.1. The van der Waals surface area contributed by atoms with Crippen LogP contribution in [0.3, 0.4) is 0 Å². The summed E-state index contributed by atoms with van der Waals surface area (Å²) < 4.78 is 41.1. The molecule has 2 aromatic rings. The fourth-order valence-electron chi connectivity index (χ4n) is 2.96. The first-order chi connectivity index (χ1) is 11.9. The van der Waals surface area contributed by atoms with Gasteiger partial charge < -0.3 is 0 Å². The Labute approximate surface area is 127 Å². The van der Waals surface area contributed by atoms with E-state index in [1.54, 1.807) is 0 Å². The Balaban J connectivity index is 2.41. The van der Waals surface area contributed by atoms with Gasteiger partial charge in [0, 0.05) is 18.7 Å². The Kier molecular flexibility index (Phi) is 2.20. The summed E-state index contributed by atoms with van der Waals surface area (Å²) in [6, 6.07) is 7.95. The molecule has 20 heavy (non-hydrogen) atoms. The fraction of sp³-hybridized carbons (Fsp3) is 0.316. The summed E-state index contributed by atoms with van der Waals surface area (Å²) in [4.78, 5) is 12.8. The Hall–Kier alpha value is -1.89. The minimum Gasteiger partial charge on any atom is -0.294 e. The van der Waals surface area contributed by atoms with E-state index in [1.165, 1.54) is 0 Å². The van der Waals surface area contributed by atoms with Gasteiger partial charge in [-0.1, -0.05) is 74.3 Å². The van der Waals surface area contributed by atoms with Crippen molar-refractivity contribution in [2.75, 3.05) is 0 Å². The van der Waals surface area contributed by atoms with E-state index in [0.717, 1.165) is 18.4 Å². The monoisotopic (exact) mass is 269 g/mol. The van der Waals surface area contributed by atoms with Crippen LogP contribution in [0.2, 0.25) is 0 Å². The van der Waals surface area contributed by atoms with Crippen LogP contribution in [0.25, 0.3) is 0 Å². The summed E-state index contributed by atoms with van der Waals surface area (Å²) in [5.41, 5.74) is 0.0229. The molecule has 0 heterocycles. The zero-order chi connectivity index (χ0) is 18.4. The van der Waals surface area contributed by atoms with Crippen molar-refractivity contribution < 1.29 is 11.6 Å². The Morgan fingerprint density at radius 3 is 2.75 bits per heavy atom. The minimum absolute atomic E-state index is 0.00837. The first-order valence-corrected chi connectivity index (χ1v) is 7.00. The number of unbranched alkanes of at least 4 members (excludes halogenated alkanes) is 1. The molecule has 0 bridgehead atoms. The first kappa shape index (κ1) is 8.41. The van der Waals surface area contributed by atoms with E-state index in [0.29, 0.717) is 12.0 Å². The average molecular weight is 269 g/mol. The van der Waals surface area contributed by atoms with E-state index < -0.39 is 23.6 Å². The molecule has 3 rings (SSSR count).